The van der Waals surface area contributed by atoms with Crippen LogP contribution in [0.5, 0.6) is 0 Å². The summed E-state index contributed by atoms with van der Waals surface area (Å²) in [6.07, 6.45) is 1.74. The van der Waals surface area contributed by atoms with Crippen molar-refractivity contribution < 1.29 is 9.53 Å². The van der Waals surface area contributed by atoms with E-state index in [1.54, 1.807) is 0 Å². The monoisotopic (exact) mass is 392 g/mol. The fourth-order valence-electron chi connectivity index (χ4n) is 3.86. The van der Waals surface area contributed by atoms with Gasteiger partial charge in [-0.3, -0.25) is 4.79 Å². The fourth-order valence-corrected chi connectivity index (χ4v) is 4.85. The second-order valence-corrected chi connectivity index (χ2v) is 8.18. The van der Waals surface area contributed by atoms with E-state index >= 15 is 0 Å². The number of hydrogen-bond acceptors (Lipinski definition) is 5. The normalized spacial score (nSPS) is 14.6. The third kappa shape index (κ3) is 3.00. The van der Waals surface area contributed by atoms with E-state index in [1.165, 1.54) is 40.2 Å². The summed E-state index contributed by atoms with van der Waals surface area (Å²) in [6, 6.07) is 14.9. The van der Waals surface area contributed by atoms with Crippen LogP contribution in [-0.2, 0) is 14.9 Å². The van der Waals surface area contributed by atoms with Crippen molar-refractivity contribution in [1.29, 1.82) is 0 Å². The Morgan fingerprint density at radius 1 is 1.11 bits per heavy atom. The van der Waals surface area contributed by atoms with E-state index in [1.807, 2.05) is 14.0 Å². The van der Waals surface area contributed by atoms with Crippen LogP contribution in [0.1, 0.15) is 29.7 Å². The molecular formula is C23H24N2O2S. The zero-order valence-electron chi connectivity index (χ0n) is 16.6. The second kappa shape index (κ2) is 7.06. The maximum Gasteiger partial charge on any atom is 0.316 e. The summed E-state index contributed by atoms with van der Waals surface area (Å²) in [5.41, 5.74) is 7.50. The number of methoxy groups -OCH3 is 1. The summed E-state index contributed by atoms with van der Waals surface area (Å²) >= 11 is 1.53. The maximum absolute atomic E-state index is 12.1. The number of hydrogen-bond donors (Lipinski definition) is 1. The highest BCUT2D eigenvalue weighted by Gasteiger charge is 2.52. The van der Waals surface area contributed by atoms with Crippen LogP contribution in [0, 0.1) is 13.8 Å². The fraction of sp³-hybridized carbons (Fsp3) is 0.304. The zero-order valence-corrected chi connectivity index (χ0v) is 17.4. The van der Waals surface area contributed by atoms with Crippen molar-refractivity contribution in [2.24, 2.45) is 0 Å². The Balaban J connectivity index is 1.64. The summed E-state index contributed by atoms with van der Waals surface area (Å²) in [5, 5.41) is 3.27. The summed E-state index contributed by atoms with van der Waals surface area (Å²) in [7, 11) is 3.40. The maximum atomic E-state index is 12.1. The van der Waals surface area contributed by atoms with Gasteiger partial charge in [-0.05, 0) is 66.0 Å². The molecule has 28 heavy (non-hydrogen) atoms. The van der Waals surface area contributed by atoms with Crippen LogP contribution in [0.25, 0.3) is 21.6 Å². The molecular weight excluding hydrogens is 368 g/mol. The first kappa shape index (κ1) is 18.7. The first-order chi connectivity index (χ1) is 13.5. The molecule has 1 saturated carbocycles. The van der Waals surface area contributed by atoms with Gasteiger partial charge in [-0.2, -0.15) is 4.37 Å². The van der Waals surface area contributed by atoms with Crippen molar-refractivity contribution in [3.8, 4) is 21.6 Å². The lowest BCUT2D eigenvalue weighted by molar-refractivity contribution is -0.143. The molecule has 4 nitrogen and oxygen atoms in total. The lowest BCUT2D eigenvalue weighted by atomic mass is 9.93. The number of rotatable bonds is 5. The molecule has 3 aromatic rings. The predicted molar refractivity (Wildman–Crippen MR) is 115 cm³/mol. The average Bonchev–Trinajstić information content (AvgIpc) is 3.45. The molecule has 0 aliphatic heterocycles. The Morgan fingerprint density at radius 2 is 1.79 bits per heavy atom. The molecule has 5 heteroatoms. The Hall–Kier alpha value is -2.66. The van der Waals surface area contributed by atoms with E-state index in [9.17, 15) is 4.79 Å². The molecule has 0 unspecified atom stereocenters. The standard InChI is InChI=1S/C23H24N2O2S/c1-14-13-17(7-10-19(14)21-20(24-3)15(2)25-28-21)16-5-8-18(9-6-16)23(11-12-23)22(26)27-4/h5-10,13,24H,11-12H2,1-4H3. The van der Waals surface area contributed by atoms with Crippen molar-refractivity contribution in [1.82, 2.24) is 4.37 Å². The van der Waals surface area contributed by atoms with E-state index in [2.05, 4.69) is 59.1 Å². The lowest BCUT2D eigenvalue weighted by Gasteiger charge is -2.14. The number of ether oxygens (including phenoxy) is 1. The third-order valence-electron chi connectivity index (χ3n) is 5.68. The van der Waals surface area contributed by atoms with E-state index in [4.69, 9.17) is 4.74 Å². The molecule has 0 spiro atoms. The number of nitrogens with zero attached hydrogens (tertiary/aromatic N) is 1. The molecule has 1 heterocycles. The molecule has 1 N–H and O–H groups in total. The molecule has 1 aromatic heterocycles. The van der Waals surface area contributed by atoms with Gasteiger partial charge in [0.15, 0.2) is 0 Å². The van der Waals surface area contributed by atoms with Gasteiger partial charge in [0, 0.05) is 7.05 Å². The number of carbonyl (C=O) groups excluding carboxylic acids is 1. The Labute approximate surface area is 169 Å². The number of benzene rings is 2. The second-order valence-electron chi connectivity index (χ2n) is 7.40. The summed E-state index contributed by atoms with van der Waals surface area (Å²) < 4.78 is 9.48. The Bertz CT molecular complexity index is 1030. The molecule has 144 valence electrons. The van der Waals surface area contributed by atoms with Gasteiger partial charge in [0.25, 0.3) is 0 Å². The summed E-state index contributed by atoms with van der Waals surface area (Å²) in [5.74, 6) is -0.124. The van der Waals surface area contributed by atoms with Crippen LogP contribution in [0.3, 0.4) is 0 Å². The van der Waals surface area contributed by atoms with Crippen molar-refractivity contribution in [2.75, 3.05) is 19.5 Å². The quantitative estimate of drug-likeness (QED) is 0.596. The predicted octanol–water partition coefficient (Wildman–Crippen LogP) is 5.34. The minimum Gasteiger partial charge on any atom is -0.468 e. The van der Waals surface area contributed by atoms with Gasteiger partial charge in [-0.1, -0.05) is 42.5 Å². The van der Waals surface area contributed by atoms with Gasteiger partial charge < -0.3 is 10.1 Å². The van der Waals surface area contributed by atoms with Crippen molar-refractivity contribution in [3.05, 3.63) is 59.3 Å². The van der Waals surface area contributed by atoms with Crippen LogP contribution in [0.2, 0.25) is 0 Å². The van der Waals surface area contributed by atoms with E-state index < -0.39 is 5.41 Å². The average molecular weight is 393 g/mol. The highest BCUT2D eigenvalue weighted by molar-refractivity contribution is 7.10. The molecule has 1 aliphatic carbocycles. The molecule has 2 aromatic carbocycles. The van der Waals surface area contributed by atoms with E-state index in [0.29, 0.717) is 0 Å². The minimum atomic E-state index is -0.416. The Kier molecular flexibility index (Phi) is 4.71. The van der Waals surface area contributed by atoms with Gasteiger partial charge in [0.2, 0.25) is 0 Å². The minimum absolute atomic E-state index is 0.124. The van der Waals surface area contributed by atoms with Gasteiger partial charge in [-0.15, -0.1) is 0 Å². The summed E-state index contributed by atoms with van der Waals surface area (Å²) in [4.78, 5) is 13.3. The van der Waals surface area contributed by atoms with Crippen LogP contribution in [0.4, 0.5) is 5.69 Å². The van der Waals surface area contributed by atoms with Crippen LogP contribution >= 0.6 is 11.5 Å². The van der Waals surface area contributed by atoms with Crippen LogP contribution < -0.4 is 5.32 Å². The SMILES string of the molecule is CNc1c(C)nsc1-c1ccc(-c2ccc(C3(C(=O)OC)CC3)cc2)cc1C. The van der Waals surface area contributed by atoms with Crippen LogP contribution in [0.15, 0.2) is 42.5 Å². The lowest BCUT2D eigenvalue weighted by Crippen LogP contribution is -2.21. The zero-order chi connectivity index (χ0) is 19.9. The van der Waals surface area contributed by atoms with Gasteiger partial charge in [0.1, 0.15) is 0 Å². The van der Waals surface area contributed by atoms with Crippen molar-refractivity contribution in [2.45, 2.75) is 32.1 Å². The third-order valence-corrected chi connectivity index (χ3v) is 6.65. The molecule has 0 atom stereocenters. The molecule has 0 saturated heterocycles. The number of aryl methyl sites for hydroxylation is 2. The largest absolute Gasteiger partial charge is 0.468 e. The highest BCUT2D eigenvalue weighted by Crippen LogP contribution is 2.49. The first-order valence-corrected chi connectivity index (χ1v) is 10.2. The summed E-state index contributed by atoms with van der Waals surface area (Å²) in [6.45, 7) is 4.16. The van der Waals surface area contributed by atoms with Gasteiger partial charge in [0.05, 0.1) is 28.8 Å². The number of aromatic nitrogens is 1. The molecule has 0 bridgehead atoms. The number of anilines is 1. The molecule has 1 aliphatic rings. The molecule has 0 amide bonds. The number of carbonyl (C=O) groups is 1. The smallest absolute Gasteiger partial charge is 0.316 e. The molecule has 1 fully saturated rings. The Morgan fingerprint density at radius 3 is 2.36 bits per heavy atom. The topological polar surface area (TPSA) is 51.2 Å². The van der Waals surface area contributed by atoms with Gasteiger partial charge >= 0.3 is 5.97 Å². The molecule has 0 radical (unpaired) electrons. The number of nitrogens with one attached hydrogen (secondary N) is 1. The van der Waals surface area contributed by atoms with Crippen molar-refractivity contribution in [3.63, 3.8) is 0 Å². The van der Waals surface area contributed by atoms with E-state index in [-0.39, 0.29) is 5.97 Å². The van der Waals surface area contributed by atoms with E-state index in [0.717, 1.165) is 35.3 Å². The van der Waals surface area contributed by atoms with Crippen molar-refractivity contribution >= 4 is 23.2 Å². The van der Waals surface area contributed by atoms with Crippen LogP contribution in [-0.4, -0.2) is 24.5 Å². The first-order valence-electron chi connectivity index (χ1n) is 9.44. The van der Waals surface area contributed by atoms with Gasteiger partial charge in [-0.25, -0.2) is 0 Å². The highest BCUT2D eigenvalue weighted by atomic mass is 32.1. The molecule has 4 rings (SSSR count). The number of esters is 1.